The molecule has 0 bridgehead atoms. The third-order valence-corrected chi connectivity index (χ3v) is 3.29. The van der Waals surface area contributed by atoms with Crippen molar-refractivity contribution in [3.05, 3.63) is 0 Å². The summed E-state index contributed by atoms with van der Waals surface area (Å²) in [5, 5.41) is 5.22. The average Bonchev–Trinajstić information content (AvgIpc) is 2.27. The predicted octanol–water partition coefficient (Wildman–Crippen LogP) is 1.83. The molecule has 0 aromatic carbocycles. The molecule has 3 unspecified atom stereocenters. The Kier molecular flexibility index (Phi) is 4.80. The molecule has 3 nitrogen and oxygen atoms in total. The molecule has 1 fully saturated rings. The minimum Gasteiger partial charge on any atom is -0.358 e. The lowest BCUT2D eigenvalue weighted by Crippen LogP contribution is -2.52. The number of rotatable bonds is 3. The Morgan fingerprint density at radius 1 is 1.29 bits per heavy atom. The third-order valence-electron chi connectivity index (χ3n) is 3.29. The van der Waals surface area contributed by atoms with Crippen LogP contribution in [0.3, 0.4) is 0 Å². The Hall–Kier alpha value is -0.780. The molecule has 1 aliphatic carbocycles. The maximum Gasteiger partial charge on any atom is 0.393 e. The zero-order valence-corrected chi connectivity index (χ0v) is 10.1. The van der Waals surface area contributed by atoms with E-state index in [9.17, 15) is 18.0 Å². The number of likely N-dealkylation sites (N-methyl/N-ethyl adjacent to an activating group) is 1. The Labute approximate surface area is 99.1 Å². The highest BCUT2D eigenvalue weighted by Gasteiger charge is 2.45. The molecule has 6 heteroatoms. The van der Waals surface area contributed by atoms with Gasteiger partial charge in [0.1, 0.15) is 0 Å². The van der Waals surface area contributed by atoms with Gasteiger partial charge < -0.3 is 10.6 Å². The van der Waals surface area contributed by atoms with E-state index in [1.54, 1.807) is 6.92 Å². The first kappa shape index (κ1) is 14.3. The molecule has 0 spiro atoms. The van der Waals surface area contributed by atoms with Crippen molar-refractivity contribution in [1.29, 1.82) is 0 Å². The number of alkyl halides is 3. The maximum atomic E-state index is 12.8. The molecular weight excluding hydrogens is 233 g/mol. The van der Waals surface area contributed by atoms with Crippen LogP contribution in [-0.2, 0) is 4.79 Å². The van der Waals surface area contributed by atoms with Gasteiger partial charge >= 0.3 is 6.18 Å². The van der Waals surface area contributed by atoms with Crippen LogP contribution < -0.4 is 10.6 Å². The number of carbonyl (C=O) groups is 1. The smallest absolute Gasteiger partial charge is 0.358 e. The van der Waals surface area contributed by atoms with Gasteiger partial charge in [0.05, 0.1) is 12.0 Å². The highest BCUT2D eigenvalue weighted by molar-refractivity contribution is 5.80. The summed E-state index contributed by atoms with van der Waals surface area (Å²) in [4.78, 5) is 11.3. The average molecular weight is 252 g/mol. The van der Waals surface area contributed by atoms with Crippen LogP contribution in [0.1, 0.15) is 32.6 Å². The first-order chi connectivity index (χ1) is 7.86. The lowest BCUT2D eigenvalue weighted by Gasteiger charge is -2.35. The summed E-state index contributed by atoms with van der Waals surface area (Å²) in [6.07, 6.45) is -2.16. The van der Waals surface area contributed by atoms with Gasteiger partial charge in [-0.05, 0) is 19.8 Å². The van der Waals surface area contributed by atoms with E-state index in [0.717, 1.165) is 6.42 Å². The molecule has 100 valence electrons. The van der Waals surface area contributed by atoms with Crippen molar-refractivity contribution in [2.45, 2.75) is 50.9 Å². The first-order valence-electron chi connectivity index (χ1n) is 5.90. The minimum absolute atomic E-state index is 0.154. The van der Waals surface area contributed by atoms with Crippen LogP contribution in [0, 0.1) is 5.92 Å². The molecule has 0 radical (unpaired) electrons. The Balaban J connectivity index is 2.63. The van der Waals surface area contributed by atoms with E-state index < -0.39 is 24.2 Å². The van der Waals surface area contributed by atoms with Gasteiger partial charge in [0, 0.05) is 13.1 Å². The monoisotopic (exact) mass is 252 g/mol. The zero-order chi connectivity index (χ0) is 13.1. The summed E-state index contributed by atoms with van der Waals surface area (Å²) >= 11 is 0. The fraction of sp³-hybridized carbons (Fsp3) is 0.909. The largest absolute Gasteiger partial charge is 0.393 e. The van der Waals surface area contributed by atoms with Gasteiger partial charge in [-0.2, -0.15) is 13.2 Å². The minimum atomic E-state index is -4.18. The van der Waals surface area contributed by atoms with E-state index in [2.05, 4.69) is 10.6 Å². The second-order valence-corrected chi connectivity index (χ2v) is 4.54. The number of hydrogen-bond acceptors (Lipinski definition) is 2. The van der Waals surface area contributed by atoms with Crippen LogP contribution >= 0.6 is 0 Å². The number of nitrogens with one attached hydrogen (secondary N) is 2. The summed E-state index contributed by atoms with van der Waals surface area (Å²) in [7, 11) is 1.47. The summed E-state index contributed by atoms with van der Waals surface area (Å²) in [6.45, 7) is 1.58. The van der Waals surface area contributed by atoms with E-state index in [1.165, 1.54) is 7.05 Å². The van der Waals surface area contributed by atoms with Crippen molar-refractivity contribution < 1.29 is 18.0 Å². The highest BCUT2D eigenvalue weighted by atomic mass is 19.4. The van der Waals surface area contributed by atoms with Gasteiger partial charge in [0.15, 0.2) is 0 Å². The number of halogens is 3. The molecular formula is C11H19F3N2O. The maximum absolute atomic E-state index is 12.8. The second kappa shape index (κ2) is 5.71. The molecule has 0 saturated heterocycles. The van der Waals surface area contributed by atoms with Crippen molar-refractivity contribution in [2.24, 2.45) is 5.92 Å². The standard InChI is InChI=1S/C11H19F3N2O/c1-7(10(17)15-2)16-9-6-4-3-5-8(9)11(12,13)14/h7-9,16H,3-6H2,1-2H3,(H,15,17). The van der Waals surface area contributed by atoms with Crippen molar-refractivity contribution in [3.63, 3.8) is 0 Å². The van der Waals surface area contributed by atoms with Crippen molar-refractivity contribution >= 4 is 5.91 Å². The summed E-state index contributed by atoms with van der Waals surface area (Å²) in [5.41, 5.74) is 0. The molecule has 1 rings (SSSR count). The predicted molar refractivity (Wildman–Crippen MR) is 58.5 cm³/mol. The van der Waals surface area contributed by atoms with Gasteiger partial charge in [-0.15, -0.1) is 0 Å². The fourth-order valence-electron chi connectivity index (χ4n) is 2.34. The van der Waals surface area contributed by atoms with Gasteiger partial charge in [0.25, 0.3) is 0 Å². The summed E-state index contributed by atoms with van der Waals surface area (Å²) in [6, 6.07) is -1.23. The normalized spacial score (nSPS) is 27.6. The topological polar surface area (TPSA) is 41.1 Å². The summed E-state index contributed by atoms with van der Waals surface area (Å²) in [5.74, 6) is -1.61. The van der Waals surface area contributed by atoms with Crippen molar-refractivity contribution in [3.8, 4) is 0 Å². The molecule has 0 aromatic rings. The van der Waals surface area contributed by atoms with Crippen LogP contribution in [0.25, 0.3) is 0 Å². The number of carbonyl (C=O) groups excluding carboxylic acids is 1. The molecule has 3 atom stereocenters. The van der Waals surface area contributed by atoms with Crippen LogP contribution in [0.5, 0.6) is 0 Å². The van der Waals surface area contributed by atoms with Crippen molar-refractivity contribution in [1.82, 2.24) is 10.6 Å². The fourth-order valence-corrected chi connectivity index (χ4v) is 2.34. The van der Waals surface area contributed by atoms with Crippen LogP contribution in [0.15, 0.2) is 0 Å². The third kappa shape index (κ3) is 3.87. The molecule has 0 heterocycles. The molecule has 1 saturated carbocycles. The van der Waals surface area contributed by atoms with Crippen LogP contribution in [0.4, 0.5) is 13.2 Å². The van der Waals surface area contributed by atoms with E-state index >= 15 is 0 Å². The van der Waals surface area contributed by atoms with Gasteiger partial charge in [-0.25, -0.2) is 0 Å². The van der Waals surface area contributed by atoms with Crippen molar-refractivity contribution in [2.75, 3.05) is 7.05 Å². The first-order valence-corrected chi connectivity index (χ1v) is 5.90. The Morgan fingerprint density at radius 3 is 2.41 bits per heavy atom. The van der Waals surface area contributed by atoms with E-state index in [-0.39, 0.29) is 12.3 Å². The highest BCUT2D eigenvalue weighted by Crippen LogP contribution is 2.37. The second-order valence-electron chi connectivity index (χ2n) is 4.54. The molecule has 17 heavy (non-hydrogen) atoms. The van der Waals surface area contributed by atoms with E-state index in [0.29, 0.717) is 12.8 Å². The molecule has 0 aromatic heterocycles. The molecule has 1 aliphatic rings. The Bertz CT molecular complexity index is 268. The number of amides is 1. The van der Waals surface area contributed by atoms with E-state index in [1.807, 2.05) is 0 Å². The lowest BCUT2D eigenvalue weighted by molar-refractivity contribution is -0.189. The van der Waals surface area contributed by atoms with Gasteiger partial charge in [-0.1, -0.05) is 12.8 Å². The number of hydrogen-bond donors (Lipinski definition) is 2. The van der Waals surface area contributed by atoms with Crippen LogP contribution in [-0.4, -0.2) is 31.2 Å². The lowest BCUT2D eigenvalue weighted by atomic mass is 9.83. The molecule has 0 aliphatic heterocycles. The van der Waals surface area contributed by atoms with Gasteiger partial charge in [0.2, 0.25) is 5.91 Å². The Morgan fingerprint density at radius 2 is 1.88 bits per heavy atom. The molecule has 1 amide bonds. The summed E-state index contributed by atoms with van der Waals surface area (Å²) < 4.78 is 38.4. The van der Waals surface area contributed by atoms with Gasteiger partial charge in [-0.3, -0.25) is 4.79 Å². The van der Waals surface area contributed by atoms with E-state index in [4.69, 9.17) is 0 Å². The SMILES string of the molecule is CNC(=O)C(C)NC1CCCCC1C(F)(F)F. The zero-order valence-electron chi connectivity index (χ0n) is 10.1. The molecule has 2 N–H and O–H groups in total. The quantitative estimate of drug-likeness (QED) is 0.804. The van der Waals surface area contributed by atoms with Crippen LogP contribution in [0.2, 0.25) is 0 Å².